The lowest BCUT2D eigenvalue weighted by molar-refractivity contribution is -0.123. The Kier molecular flexibility index (Phi) is 10.9. The molecule has 3 amide bonds. The predicted molar refractivity (Wildman–Crippen MR) is 104 cm³/mol. The van der Waals surface area contributed by atoms with Crippen molar-refractivity contribution < 1.29 is 9.59 Å². The second-order valence-electron chi connectivity index (χ2n) is 6.38. The summed E-state index contributed by atoms with van der Waals surface area (Å²) in [5, 5.41) is 5.28. The third-order valence-electron chi connectivity index (χ3n) is 4.01. The maximum atomic E-state index is 12.2. The molecule has 2 atom stereocenters. The molecule has 0 saturated heterocycles. The molecule has 2 unspecified atom stereocenters. The summed E-state index contributed by atoms with van der Waals surface area (Å²) in [7, 11) is 0. The molecule has 0 fully saturated rings. The fraction of sp³-hybridized carbons (Fsp3) is 0.556. The van der Waals surface area contributed by atoms with Crippen molar-refractivity contribution in [2.45, 2.75) is 58.0 Å². The summed E-state index contributed by atoms with van der Waals surface area (Å²) in [5.74, 6) is 0.214. The molecule has 1 rings (SSSR count). The van der Waals surface area contributed by atoms with Gasteiger partial charge in [0.15, 0.2) is 0 Å². The molecule has 0 aliphatic heterocycles. The van der Waals surface area contributed by atoms with Gasteiger partial charge in [-0.2, -0.15) is 0 Å². The number of nitrogens with one attached hydrogen (secondary N) is 2. The average molecular weight is 371 g/mol. The maximum absolute atomic E-state index is 12.2. The number of halogens is 1. The Bertz CT molecular complexity index is 534. The molecule has 0 bridgehead atoms. The van der Waals surface area contributed by atoms with Gasteiger partial charge in [0.1, 0.15) is 6.04 Å². The van der Waals surface area contributed by atoms with Gasteiger partial charge in [-0.3, -0.25) is 4.79 Å². The van der Waals surface area contributed by atoms with E-state index in [1.165, 1.54) is 5.56 Å². The minimum atomic E-state index is -0.695. The van der Waals surface area contributed by atoms with E-state index in [4.69, 9.17) is 11.5 Å². The van der Waals surface area contributed by atoms with Crippen molar-refractivity contribution in [1.82, 2.24) is 10.6 Å². The van der Waals surface area contributed by atoms with Gasteiger partial charge in [-0.15, -0.1) is 12.4 Å². The molecule has 6 nitrogen and oxygen atoms in total. The Balaban J connectivity index is 0.00000576. The Hall–Kier alpha value is -1.79. The van der Waals surface area contributed by atoms with E-state index >= 15 is 0 Å². The first-order chi connectivity index (χ1) is 11.3. The number of primary amides is 1. The van der Waals surface area contributed by atoms with E-state index < -0.39 is 12.1 Å². The van der Waals surface area contributed by atoms with Gasteiger partial charge >= 0.3 is 6.03 Å². The van der Waals surface area contributed by atoms with Gasteiger partial charge in [0.05, 0.1) is 0 Å². The molecule has 0 aromatic heterocycles. The second kappa shape index (κ2) is 11.7. The number of benzene rings is 1. The highest BCUT2D eigenvalue weighted by atomic mass is 35.5. The van der Waals surface area contributed by atoms with Crippen molar-refractivity contribution in [3.8, 4) is 0 Å². The van der Waals surface area contributed by atoms with Crippen molar-refractivity contribution in [3.05, 3.63) is 35.4 Å². The molecule has 25 heavy (non-hydrogen) atoms. The van der Waals surface area contributed by atoms with E-state index in [1.54, 1.807) is 0 Å². The van der Waals surface area contributed by atoms with Crippen LogP contribution in [0.3, 0.4) is 0 Å². The van der Waals surface area contributed by atoms with Crippen molar-refractivity contribution in [1.29, 1.82) is 0 Å². The maximum Gasteiger partial charge on any atom is 0.312 e. The van der Waals surface area contributed by atoms with Crippen molar-refractivity contribution in [3.63, 3.8) is 0 Å². The number of amides is 3. The summed E-state index contributed by atoms with van der Waals surface area (Å²) < 4.78 is 0. The number of urea groups is 1. The quantitative estimate of drug-likeness (QED) is 0.536. The standard InChI is InChI=1S/C18H30N4O2.ClH/c1-4-5-6-16(22-18(20)24)17(23)21-11-15(19)14-9-7-13(8-10-14)12(2)3;/h7-10,12,15-16H,4-6,11,19H2,1-3H3,(H,21,23)(H3,20,22,24);1H. The molecule has 0 heterocycles. The van der Waals surface area contributed by atoms with Crippen LogP contribution in [-0.4, -0.2) is 24.5 Å². The zero-order valence-corrected chi connectivity index (χ0v) is 16.1. The van der Waals surface area contributed by atoms with Crippen LogP contribution in [0, 0.1) is 0 Å². The number of carbonyl (C=O) groups excluding carboxylic acids is 2. The van der Waals surface area contributed by atoms with Crippen LogP contribution in [0.15, 0.2) is 24.3 Å². The molecule has 1 aromatic rings. The van der Waals surface area contributed by atoms with Gasteiger partial charge in [0, 0.05) is 12.6 Å². The number of hydrogen-bond donors (Lipinski definition) is 4. The highest BCUT2D eigenvalue weighted by Crippen LogP contribution is 2.17. The van der Waals surface area contributed by atoms with Crippen LogP contribution in [0.5, 0.6) is 0 Å². The number of unbranched alkanes of at least 4 members (excludes halogenated alkanes) is 1. The summed E-state index contributed by atoms with van der Waals surface area (Å²) in [4.78, 5) is 23.3. The second-order valence-corrected chi connectivity index (χ2v) is 6.38. The Morgan fingerprint density at radius 1 is 1.12 bits per heavy atom. The molecule has 1 aromatic carbocycles. The molecular formula is C18H31ClN4O2. The lowest BCUT2D eigenvalue weighted by Gasteiger charge is -2.19. The van der Waals surface area contributed by atoms with Crippen LogP contribution in [0.25, 0.3) is 0 Å². The first-order valence-corrected chi connectivity index (χ1v) is 8.54. The lowest BCUT2D eigenvalue weighted by atomic mass is 9.99. The Labute approximate surface area is 156 Å². The van der Waals surface area contributed by atoms with E-state index in [0.717, 1.165) is 18.4 Å². The van der Waals surface area contributed by atoms with Crippen molar-refractivity contribution in [2.75, 3.05) is 6.54 Å². The molecule has 142 valence electrons. The van der Waals surface area contributed by atoms with Crippen molar-refractivity contribution >= 4 is 24.3 Å². The molecule has 0 aliphatic rings. The first-order valence-electron chi connectivity index (χ1n) is 8.54. The fourth-order valence-electron chi connectivity index (χ4n) is 2.43. The number of hydrogen-bond acceptors (Lipinski definition) is 3. The summed E-state index contributed by atoms with van der Waals surface area (Å²) in [6.45, 7) is 6.60. The van der Waals surface area contributed by atoms with Gasteiger partial charge in [-0.1, -0.05) is 57.9 Å². The smallest absolute Gasteiger partial charge is 0.312 e. The predicted octanol–water partition coefficient (Wildman–Crippen LogP) is 2.57. The number of rotatable bonds is 9. The SMILES string of the molecule is CCCCC(NC(N)=O)C(=O)NCC(N)c1ccc(C(C)C)cc1.Cl. The van der Waals surface area contributed by atoms with Crippen LogP contribution in [-0.2, 0) is 4.79 Å². The van der Waals surface area contributed by atoms with Gasteiger partial charge in [-0.25, -0.2) is 4.79 Å². The van der Waals surface area contributed by atoms with E-state index in [-0.39, 0.29) is 24.4 Å². The van der Waals surface area contributed by atoms with Gasteiger partial charge in [-0.05, 0) is 23.5 Å². The highest BCUT2D eigenvalue weighted by molar-refractivity contribution is 5.86. The number of nitrogens with two attached hydrogens (primary N) is 2. The first kappa shape index (κ1) is 23.2. The normalized spacial score (nSPS) is 12.8. The van der Waals surface area contributed by atoms with E-state index in [0.29, 0.717) is 18.9 Å². The van der Waals surface area contributed by atoms with Crippen LogP contribution in [0.1, 0.15) is 63.1 Å². The van der Waals surface area contributed by atoms with Crippen molar-refractivity contribution in [2.24, 2.45) is 11.5 Å². The summed E-state index contributed by atoms with van der Waals surface area (Å²) in [6, 6.07) is 6.49. The molecule has 0 spiro atoms. The van der Waals surface area contributed by atoms with E-state index in [9.17, 15) is 9.59 Å². The molecule has 0 saturated carbocycles. The largest absolute Gasteiger partial charge is 0.352 e. The minimum Gasteiger partial charge on any atom is -0.352 e. The van der Waals surface area contributed by atoms with E-state index in [1.807, 2.05) is 19.1 Å². The summed E-state index contributed by atoms with van der Waals surface area (Å²) in [5.41, 5.74) is 13.5. The van der Waals surface area contributed by atoms with Gasteiger partial charge < -0.3 is 22.1 Å². The zero-order chi connectivity index (χ0) is 18.1. The lowest BCUT2D eigenvalue weighted by Crippen LogP contribution is -2.49. The summed E-state index contributed by atoms with van der Waals surface area (Å²) in [6.07, 6.45) is 2.33. The topological polar surface area (TPSA) is 110 Å². The van der Waals surface area contributed by atoms with Crippen LogP contribution in [0.2, 0.25) is 0 Å². The van der Waals surface area contributed by atoms with Crippen LogP contribution >= 0.6 is 12.4 Å². The fourth-order valence-corrected chi connectivity index (χ4v) is 2.43. The molecule has 0 aliphatic carbocycles. The highest BCUT2D eigenvalue weighted by Gasteiger charge is 2.19. The van der Waals surface area contributed by atoms with E-state index in [2.05, 4.69) is 36.6 Å². The number of carbonyl (C=O) groups is 2. The molecular weight excluding hydrogens is 340 g/mol. The van der Waals surface area contributed by atoms with Gasteiger partial charge in [0.25, 0.3) is 0 Å². The Morgan fingerprint density at radius 2 is 1.68 bits per heavy atom. The molecule has 7 heteroatoms. The Morgan fingerprint density at radius 3 is 2.16 bits per heavy atom. The van der Waals surface area contributed by atoms with Crippen LogP contribution in [0.4, 0.5) is 4.79 Å². The molecule has 0 radical (unpaired) electrons. The summed E-state index contributed by atoms with van der Waals surface area (Å²) >= 11 is 0. The van der Waals surface area contributed by atoms with Crippen LogP contribution < -0.4 is 22.1 Å². The third kappa shape index (κ3) is 8.23. The average Bonchev–Trinajstić information content (AvgIpc) is 2.55. The zero-order valence-electron chi connectivity index (χ0n) is 15.2. The molecule has 6 N–H and O–H groups in total. The third-order valence-corrected chi connectivity index (χ3v) is 4.01. The minimum absolute atomic E-state index is 0. The monoisotopic (exact) mass is 370 g/mol. The van der Waals surface area contributed by atoms with Gasteiger partial charge in [0.2, 0.25) is 5.91 Å².